The highest BCUT2D eigenvalue weighted by atomic mass is 79.9. The lowest BCUT2D eigenvalue weighted by molar-refractivity contribution is 0.167. The molecule has 5 aromatic carbocycles. The molecular formula is C36H30Br4N2O2. The highest BCUT2D eigenvalue weighted by Gasteiger charge is 2.42. The van der Waals surface area contributed by atoms with Gasteiger partial charge in [0.25, 0.3) is 0 Å². The lowest BCUT2D eigenvalue weighted by Gasteiger charge is -2.41. The number of nitrogens with one attached hydrogen (secondary N) is 1. The second-order valence-electron chi connectivity index (χ2n) is 10.9. The van der Waals surface area contributed by atoms with E-state index in [1.54, 1.807) is 6.07 Å². The van der Waals surface area contributed by atoms with Gasteiger partial charge in [-0.15, -0.1) is 0 Å². The van der Waals surface area contributed by atoms with Crippen molar-refractivity contribution in [2.24, 2.45) is 0 Å². The van der Waals surface area contributed by atoms with E-state index in [4.69, 9.17) is 4.74 Å². The summed E-state index contributed by atoms with van der Waals surface area (Å²) in [4.78, 5) is 2.42. The number of hydrogen-bond donors (Lipinski definition) is 2. The topological polar surface area (TPSA) is 44.7 Å². The van der Waals surface area contributed by atoms with Crippen LogP contribution in [0.5, 0.6) is 11.5 Å². The van der Waals surface area contributed by atoms with E-state index in [2.05, 4.69) is 147 Å². The average molecular weight is 842 g/mol. The first-order valence-corrected chi connectivity index (χ1v) is 17.1. The van der Waals surface area contributed by atoms with Gasteiger partial charge in [-0.05, 0) is 84.6 Å². The van der Waals surface area contributed by atoms with Gasteiger partial charge in [0, 0.05) is 46.0 Å². The predicted octanol–water partition coefficient (Wildman–Crippen LogP) is 11.7. The first-order valence-electron chi connectivity index (χ1n) is 14.0. The van der Waals surface area contributed by atoms with Crippen molar-refractivity contribution in [3.8, 4) is 11.5 Å². The molecule has 3 aliphatic rings. The van der Waals surface area contributed by atoms with Gasteiger partial charge >= 0.3 is 0 Å². The summed E-state index contributed by atoms with van der Waals surface area (Å²) in [7, 11) is 0. The van der Waals surface area contributed by atoms with E-state index in [0.29, 0.717) is 11.8 Å². The van der Waals surface area contributed by atoms with E-state index in [1.807, 2.05) is 24.3 Å². The van der Waals surface area contributed by atoms with Gasteiger partial charge in [0.15, 0.2) is 6.23 Å². The van der Waals surface area contributed by atoms with Crippen LogP contribution < -0.4 is 15.0 Å². The molecule has 3 atom stereocenters. The normalized spacial score (nSPS) is 18.7. The van der Waals surface area contributed by atoms with E-state index in [0.717, 1.165) is 47.7 Å². The zero-order valence-electron chi connectivity index (χ0n) is 22.8. The molecule has 224 valence electrons. The molecule has 0 spiro atoms. The smallest absolute Gasteiger partial charge is 0.199 e. The molecule has 8 rings (SSSR count). The van der Waals surface area contributed by atoms with Gasteiger partial charge in [0.05, 0.1) is 12.1 Å². The molecule has 44 heavy (non-hydrogen) atoms. The minimum atomic E-state index is -0.115. The summed E-state index contributed by atoms with van der Waals surface area (Å²) >= 11 is 14.0. The van der Waals surface area contributed by atoms with Crippen LogP contribution in [0.3, 0.4) is 0 Å². The number of fused-ring (bicyclic) bond motifs is 6. The van der Waals surface area contributed by atoms with Gasteiger partial charge in [-0.25, -0.2) is 0 Å². The van der Waals surface area contributed by atoms with Crippen LogP contribution in [0.25, 0.3) is 0 Å². The number of aromatic hydroxyl groups is 1. The third kappa shape index (κ3) is 6.06. The lowest BCUT2D eigenvalue weighted by atomic mass is 9.99. The van der Waals surface area contributed by atoms with Gasteiger partial charge in [0.1, 0.15) is 11.5 Å². The third-order valence-corrected chi connectivity index (χ3v) is 10.1. The minimum Gasteiger partial charge on any atom is -0.508 e. The molecule has 5 aromatic rings. The molecule has 3 aliphatic heterocycles. The Bertz CT molecular complexity index is 1830. The molecule has 8 heteroatoms. The molecule has 0 bridgehead atoms. The van der Waals surface area contributed by atoms with Crippen molar-refractivity contribution in [2.45, 2.75) is 38.6 Å². The van der Waals surface area contributed by atoms with Gasteiger partial charge in [-0.2, -0.15) is 0 Å². The van der Waals surface area contributed by atoms with Crippen molar-refractivity contribution in [3.05, 3.63) is 149 Å². The Morgan fingerprint density at radius 2 is 1.32 bits per heavy atom. The van der Waals surface area contributed by atoms with Crippen LogP contribution in [-0.2, 0) is 12.8 Å². The molecule has 0 amide bonds. The van der Waals surface area contributed by atoms with Crippen molar-refractivity contribution in [1.29, 1.82) is 0 Å². The Kier molecular flexibility index (Phi) is 9.16. The molecule has 0 radical (unpaired) electrons. The number of halogens is 4. The van der Waals surface area contributed by atoms with Gasteiger partial charge < -0.3 is 20.1 Å². The maximum absolute atomic E-state index is 10.0. The van der Waals surface area contributed by atoms with Crippen LogP contribution in [0.15, 0.2) is 121 Å². The first-order chi connectivity index (χ1) is 20.8. The number of phenolic OH excluding ortho intramolecular Hbond substituents is 1. The van der Waals surface area contributed by atoms with Gasteiger partial charge in [-0.3, -0.25) is 0 Å². The number of nitrogens with zero attached hydrogens (tertiary/aromatic N) is 1. The summed E-state index contributed by atoms with van der Waals surface area (Å²) in [6, 6.07) is 35.7. The maximum atomic E-state index is 10.0. The zero-order chi connectivity index (χ0) is 29.7. The molecule has 0 fully saturated rings. The van der Waals surface area contributed by atoms with E-state index < -0.39 is 0 Å². The fourth-order valence-electron chi connectivity index (χ4n) is 6.23. The summed E-state index contributed by atoms with van der Waals surface area (Å²) < 4.78 is 10.6. The Morgan fingerprint density at radius 3 is 2.07 bits per heavy atom. The largest absolute Gasteiger partial charge is 0.508 e. The van der Waals surface area contributed by atoms with E-state index >= 15 is 0 Å². The summed E-state index contributed by atoms with van der Waals surface area (Å²) in [5.74, 6) is 1.30. The lowest BCUT2D eigenvalue weighted by Crippen LogP contribution is -2.37. The quantitative estimate of drug-likeness (QED) is 0.186. The molecule has 4 nitrogen and oxygen atoms in total. The highest BCUT2D eigenvalue weighted by Crippen LogP contribution is 2.52. The second kappa shape index (κ2) is 12.9. The summed E-state index contributed by atoms with van der Waals surface area (Å²) in [6.45, 7) is 0. The van der Waals surface area contributed by atoms with Crippen molar-refractivity contribution in [1.82, 2.24) is 0 Å². The van der Waals surface area contributed by atoms with Gasteiger partial charge in [0.2, 0.25) is 0 Å². The van der Waals surface area contributed by atoms with Crippen molar-refractivity contribution < 1.29 is 9.84 Å². The van der Waals surface area contributed by atoms with Gasteiger partial charge in [-0.1, -0.05) is 114 Å². The molecule has 0 saturated carbocycles. The molecule has 0 aromatic heterocycles. The fourth-order valence-corrected chi connectivity index (χ4v) is 7.74. The number of phenols is 1. The van der Waals surface area contributed by atoms with E-state index in [9.17, 15) is 5.11 Å². The predicted molar refractivity (Wildman–Crippen MR) is 194 cm³/mol. The molecule has 0 saturated heterocycles. The Hall–Kier alpha value is -2.78. The SMILES string of the molecule is Brc1ccc2c(c1)C[C@@H]1c3ccc(Br)cc3O[C@@H](c3ccccc3)N21.C.Oc1cc(Br)ccc1[C@H]1Cc2cc(Br)ccc2N1. The zero-order valence-corrected chi connectivity index (χ0v) is 29.1. The molecule has 0 aliphatic carbocycles. The van der Waals surface area contributed by atoms with Crippen LogP contribution in [0.4, 0.5) is 11.4 Å². The monoisotopic (exact) mass is 838 g/mol. The number of rotatable bonds is 2. The summed E-state index contributed by atoms with van der Waals surface area (Å²) in [5, 5.41) is 13.4. The molecular weight excluding hydrogens is 812 g/mol. The van der Waals surface area contributed by atoms with Crippen LogP contribution in [-0.4, -0.2) is 5.11 Å². The first kappa shape index (κ1) is 31.2. The fraction of sp³-hybridized carbons (Fsp3) is 0.167. The van der Waals surface area contributed by atoms with Crippen LogP contribution in [0.2, 0.25) is 0 Å². The standard InChI is InChI=1S/C21H15Br2NO.C14H11Br2NO.CH4/c22-15-7-9-18-14(10-15)11-19-17-8-6-16(23)12-20(17)25-21(24(18)19)13-4-2-1-3-5-13;15-9-2-4-12-8(5-9)6-13(17-12)11-3-1-10(16)7-14(11)18;/h1-10,12,19,21H,11H2;1-5,7,13,17-18H,6H2;1H4/t19-,21+;13-;/m11./s1. The number of anilines is 2. The van der Waals surface area contributed by atoms with Crippen molar-refractivity contribution >= 4 is 75.1 Å². The second-order valence-corrected chi connectivity index (χ2v) is 14.5. The van der Waals surface area contributed by atoms with Crippen molar-refractivity contribution in [3.63, 3.8) is 0 Å². The molecule has 2 N–H and O–H groups in total. The van der Waals surface area contributed by atoms with E-state index in [1.165, 1.54) is 27.9 Å². The van der Waals surface area contributed by atoms with Crippen LogP contribution >= 0.6 is 63.7 Å². The molecule has 3 heterocycles. The van der Waals surface area contributed by atoms with Crippen LogP contribution in [0, 0.1) is 0 Å². The average Bonchev–Trinajstić information content (AvgIpc) is 3.58. The van der Waals surface area contributed by atoms with Crippen molar-refractivity contribution in [2.75, 3.05) is 10.2 Å². The summed E-state index contributed by atoms with van der Waals surface area (Å²) in [6.07, 6.45) is 1.77. The third-order valence-electron chi connectivity index (χ3n) is 8.17. The number of hydrogen-bond acceptors (Lipinski definition) is 4. The number of ether oxygens (including phenoxy) is 1. The number of benzene rings is 5. The minimum absolute atomic E-state index is 0. The Balaban J connectivity index is 0.000000161. The maximum Gasteiger partial charge on any atom is 0.199 e. The van der Waals surface area contributed by atoms with Crippen LogP contribution in [0.1, 0.15) is 53.6 Å². The Labute approximate surface area is 292 Å². The van der Waals surface area contributed by atoms with E-state index in [-0.39, 0.29) is 19.7 Å². The highest BCUT2D eigenvalue weighted by molar-refractivity contribution is 9.11. The summed E-state index contributed by atoms with van der Waals surface area (Å²) in [5.41, 5.74) is 8.40. The Morgan fingerprint density at radius 1 is 0.682 bits per heavy atom. The molecule has 0 unspecified atom stereocenters.